The molecule has 1 heterocycles. The first kappa shape index (κ1) is 13.2. The third-order valence-corrected chi connectivity index (χ3v) is 4.23. The topological polar surface area (TPSA) is 23.5 Å². The van der Waals surface area contributed by atoms with Crippen molar-refractivity contribution in [2.45, 2.75) is 26.3 Å². The van der Waals surface area contributed by atoms with Gasteiger partial charge in [0.2, 0.25) is 0 Å². The Balaban J connectivity index is 1.73. The van der Waals surface area contributed by atoms with Crippen molar-refractivity contribution in [3.05, 3.63) is 64.7 Å². The highest BCUT2D eigenvalue weighted by Gasteiger charge is 2.15. The van der Waals surface area contributed by atoms with Gasteiger partial charge >= 0.3 is 0 Å². The van der Waals surface area contributed by atoms with Crippen molar-refractivity contribution >= 4 is 0 Å². The predicted octanol–water partition coefficient (Wildman–Crippen LogP) is 3.30. The SMILES string of the molecule is Cc1cccc(CN2CCc3ccccc3CC2)c1O. The average Bonchev–Trinajstić information content (AvgIpc) is 2.67. The Labute approximate surface area is 120 Å². The van der Waals surface area contributed by atoms with Gasteiger partial charge in [0.25, 0.3) is 0 Å². The largest absolute Gasteiger partial charge is 0.507 e. The van der Waals surface area contributed by atoms with Gasteiger partial charge in [-0.05, 0) is 36.5 Å². The van der Waals surface area contributed by atoms with Crippen molar-refractivity contribution in [1.82, 2.24) is 4.90 Å². The van der Waals surface area contributed by atoms with Gasteiger partial charge in [0.05, 0.1) is 0 Å². The van der Waals surface area contributed by atoms with Crippen molar-refractivity contribution in [1.29, 1.82) is 0 Å². The molecule has 0 unspecified atom stereocenters. The first-order valence-corrected chi connectivity index (χ1v) is 7.30. The molecule has 0 saturated heterocycles. The Bertz CT molecular complexity index is 579. The Hall–Kier alpha value is -1.80. The van der Waals surface area contributed by atoms with Crippen LogP contribution in [0.25, 0.3) is 0 Å². The number of nitrogens with zero attached hydrogens (tertiary/aromatic N) is 1. The Kier molecular flexibility index (Phi) is 3.75. The van der Waals surface area contributed by atoms with Gasteiger partial charge < -0.3 is 5.11 Å². The molecule has 0 fully saturated rings. The molecule has 1 aliphatic heterocycles. The smallest absolute Gasteiger partial charge is 0.122 e. The monoisotopic (exact) mass is 267 g/mol. The van der Waals surface area contributed by atoms with Crippen LogP contribution in [-0.4, -0.2) is 23.1 Å². The van der Waals surface area contributed by atoms with Crippen LogP contribution in [0, 0.1) is 6.92 Å². The third kappa shape index (κ3) is 2.70. The fourth-order valence-electron chi connectivity index (χ4n) is 2.96. The molecule has 2 heteroatoms. The molecule has 2 aromatic rings. The van der Waals surface area contributed by atoms with Crippen LogP contribution in [0.2, 0.25) is 0 Å². The van der Waals surface area contributed by atoms with Crippen LogP contribution in [0.15, 0.2) is 42.5 Å². The van der Waals surface area contributed by atoms with Gasteiger partial charge in [-0.3, -0.25) is 4.90 Å². The molecular weight excluding hydrogens is 246 g/mol. The minimum Gasteiger partial charge on any atom is -0.507 e. The second-order valence-electron chi connectivity index (χ2n) is 5.63. The minimum atomic E-state index is 0.453. The molecule has 0 aromatic heterocycles. The normalized spacial score (nSPS) is 15.7. The van der Waals surface area contributed by atoms with Crippen LogP contribution in [0.1, 0.15) is 22.3 Å². The van der Waals surface area contributed by atoms with Crippen molar-refractivity contribution < 1.29 is 5.11 Å². The van der Waals surface area contributed by atoms with E-state index < -0.39 is 0 Å². The van der Waals surface area contributed by atoms with E-state index in [1.807, 2.05) is 25.1 Å². The molecule has 0 amide bonds. The molecule has 20 heavy (non-hydrogen) atoms. The molecule has 3 rings (SSSR count). The van der Waals surface area contributed by atoms with Gasteiger partial charge in [0.1, 0.15) is 5.75 Å². The molecule has 1 N–H and O–H groups in total. The molecule has 2 nitrogen and oxygen atoms in total. The standard InChI is InChI=1S/C18H21NO/c1-14-5-4-8-17(18(14)20)13-19-11-9-15-6-2-3-7-16(15)10-12-19/h2-8,20H,9-13H2,1H3. The summed E-state index contributed by atoms with van der Waals surface area (Å²) in [6.07, 6.45) is 2.20. The van der Waals surface area contributed by atoms with Crippen LogP contribution in [-0.2, 0) is 19.4 Å². The Morgan fingerprint density at radius 1 is 0.950 bits per heavy atom. The fourth-order valence-corrected chi connectivity index (χ4v) is 2.96. The Morgan fingerprint density at radius 2 is 1.60 bits per heavy atom. The summed E-state index contributed by atoms with van der Waals surface area (Å²) in [6.45, 7) is 4.91. The van der Waals surface area contributed by atoms with E-state index in [9.17, 15) is 5.11 Å². The van der Waals surface area contributed by atoms with Crippen molar-refractivity contribution in [2.24, 2.45) is 0 Å². The minimum absolute atomic E-state index is 0.453. The summed E-state index contributed by atoms with van der Waals surface area (Å²) in [7, 11) is 0. The van der Waals surface area contributed by atoms with E-state index in [1.54, 1.807) is 0 Å². The number of hydrogen-bond acceptors (Lipinski definition) is 2. The lowest BCUT2D eigenvalue weighted by molar-refractivity contribution is 0.275. The molecule has 0 spiro atoms. The number of phenolic OH excluding ortho intramolecular Hbond substituents is 1. The number of benzene rings is 2. The van der Waals surface area contributed by atoms with E-state index in [0.29, 0.717) is 5.75 Å². The molecule has 0 atom stereocenters. The van der Waals surface area contributed by atoms with Gasteiger partial charge in [-0.2, -0.15) is 0 Å². The summed E-state index contributed by atoms with van der Waals surface area (Å²) in [5.74, 6) is 0.453. The third-order valence-electron chi connectivity index (χ3n) is 4.23. The quantitative estimate of drug-likeness (QED) is 0.902. The Morgan fingerprint density at radius 3 is 2.25 bits per heavy atom. The van der Waals surface area contributed by atoms with Crippen LogP contribution < -0.4 is 0 Å². The highest BCUT2D eigenvalue weighted by atomic mass is 16.3. The first-order chi connectivity index (χ1) is 9.74. The first-order valence-electron chi connectivity index (χ1n) is 7.30. The lowest BCUT2D eigenvalue weighted by Gasteiger charge is -2.20. The summed E-state index contributed by atoms with van der Waals surface area (Å²) in [4.78, 5) is 2.44. The zero-order chi connectivity index (χ0) is 13.9. The summed E-state index contributed by atoms with van der Waals surface area (Å²) >= 11 is 0. The number of rotatable bonds is 2. The maximum Gasteiger partial charge on any atom is 0.122 e. The van der Waals surface area contributed by atoms with Crippen molar-refractivity contribution in [2.75, 3.05) is 13.1 Å². The van der Waals surface area contributed by atoms with Crippen LogP contribution in [0.5, 0.6) is 5.75 Å². The van der Waals surface area contributed by atoms with E-state index in [1.165, 1.54) is 11.1 Å². The van der Waals surface area contributed by atoms with E-state index in [2.05, 4.69) is 29.2 Å². The zero-order valence-electron chi connectivity index (χ0n) is 12.0. The van der Waals surface area contributed by atoms with E-state index in [4.69, 9.17) is 0 Å². The van der Waals surface area contributed by atoms with E-state index in [0.717, 1.165) is 43.6 Å². The van der Waals surface area contributed by atoms with E-state index >= 15 is 0 Å². The van der Waals surface area contributed by atoms with Gasteiger partial charge in [-0.1, -0.05) is 42.5 Å². The van der Waals surface area contributed by atoms with E-state index in [-0.39, 0.29) is 0 Å². The second-order valence-corrected chi connectivity index (χ2v) is 5.63. The molecule has 0 bridgehead atoms. The number of aryl methyl sites for hydroxylation is 1. The summed E-state index contributed by atoms with van der Waals surface area (Å²) in [6, 6.07) is 14.7. The van der Waals surface area contributed by atoms with Gasteiger partial charge in [0, 0.05) is 25.2 Å². The predicted molar refractivity (Wildman–Crippen MR) is 82.0 cm³/mol. The highest BCUT2D eigenvalue weighted by molar-refractivity contribution is 5.39. The fraction of sp³-hybridized carbons (Fsp3) is 0.333. The van der Waals surface area contributed by atoms with Crippen LogP contribution in [0.4, 0.5) is 0 Å². The highest BCUT2D eigenvalue weighted by Crippen LogP contribution is 2.24. The zero-order valence-corrected chi connectivity index (χ0v) is 12.0. The number of fused-ring (bicyclic) bond motifs is 1. The van der Waals surface area contributed by atoms with Crippen LogP contribution >= 0.6 is 0 Å². The summed E-state index contributed by atoms with van der Waals surface area (Å²) in [5.41, 5.74) is 4.95. The van der Waals surface area contributed by atoms with Crippen molar-refractivity contribution in [3.8, 4) is 5.75 Å². The number of para-hydroxylation sites is 1. The molecule has 1 aliphatic rings. The lowest BCUT2D eigenvalue weighted by Crippen LogP contribution is -2.26. The summed E-state index contributed by atoms with van der Waals surface area (Å²) in [5, 5.41) is 10.1. The molecular formula is C18H21NO. The molecule has 0 saturated carbocycles. The van der Waals surface area contributed by atoms with Crippen LogP contribution in [0.3, 0.4) is 0 Å². The summed E-state index contributed by atoms with van der Waals surface area (Å²) < 4.78 is 0. The number of hydrogen-bond donors (Lipinski definition) is 1. The lowest BCUT2D eigenvalue weighted by atomic mass is 10.0. The van der Waals surface area contributed by atoms with Crippen molar-refractivity contribution in [3.63, 3.8) is 0 Å². The second kappa shape index (κ2) is 5.68. The number of phenols is 1. The average molecular weight is 267 g/mol. The van der Waals surface area contributed by atoms with Gasteiger partial charge in [-0.25, -0.2) is 0 Å². The number of aromatic hydroxyl groups is 1. The molecule has 104 valence electrons. The maximum absolute atomic E-state index is 10.1. The maximum atomic E-state index is 10.1. The molecule has 0 radical (unpaired) electrons. The molecule has 2 aromatic carbocycles. The van der Waals surface area contributed by atoms with Gasteiger partial charge in [-0.15, -0.1) is 0 Å². The van der Waals surface area contributed by atoms with Gasteiger partial charge in [0.15, 0.2) is 0 Å². The molecule has 0 aliphatic carbocycles.